The molecule has 4 rings (SSSR count). The van der Waals surface area contributed by atoms with E-state index >= 15 is 0 Å². The van der Waals surface area contributed by atoms with E-state index in [0.29, 0.717) is 17.7 Å². The standard InChI is InChI=1S/C16H13N5O.ClH/c17-16-20-14-13(18-9-19-14)15(22)21(16)8-10-5-6-11-3-1-2-4-12(11)7-10;/h1-7,9H,8H2,(H2,17,20)(H,18,19);1H. The Bertz CT molecular complexity index is 1050. The van der Waals surface area contributed by atoms with E-state index in [9.17, 15) is 4.79 Å². The fraction of sp³-hybridized carbons (Fsp3) is 0.0625. The Hall–Kier alpha value is -2.86. The highest BCUT2D eigenvalue weighted by atomic mass is 35.5. The number of anilines is 1. The topological polar surface area (TPSA) is 89.6 Å². The number of nitrogens with one attached hydrogen (secondary N) is 1. The Labute approximate surface area is 137 Å². The van der Waals surface area contributed by atoms with E-state index < -0.39 is 0 Å². The van der Waals surface area contributed by atoms with Crippen molar-refractivity contribution in [3.63, 3.8) is 0 Å². The Kier molecular flexibility index (Phi) is 3.75. The zero-order valence-corrected chi connectivity index (χ0v) is 12.9. The maximum atomic E-state index is 12.5. The van der Waals surface area contributed by atoms with E-state index in [4.69, 9.17) is 5.73 Å². The van der Waals surface area contributed by atoms with Crippen molar-refractivity contribution in [2.75, 3.05) is 5.73 Å². The molecule has 23 heavy (non-hydrogen) atoms. The van der Waals surface area contributed by atoms with Gasteiger partial charge in [0.25, 0.3) is 5.56 Å². The van der Waals surface area contributed by atoms with E-state index in [2.05, 4.69) is 27.1 Å². The molecular formula is C16H14ClN5O. The third-order valence-electron chi connectivity index (χ3n) is 3.73. The second-order valence-corrected chi connectivity index (χ2v) is 5.14. The van der Waals surface area contributed by atoms with Crippen molar-refractivity contribution in [3.05, 3.63) is 64.7 Å². The van der Waals surface area contributed by atoms with E-state index in [1.54, 1.807) is 0 Å². The molecule has 4 aromatic rings. The molecule has 7 heteroatoms. The van der Waals surface area contributed by atoms with Crippen molar-refractivity contribution in [2.24, 2.45) is 0 Å². The molecule has 0 aliphatic rings. The Morgan fingerprint density at radius 2 is 1.91 bits per heavy atom. The second-order valence-electron chi connectivity index (χ2n) is 5.14. The van der Waals surface area contributed by atoms with Crippen molar-refractivity contribution < 1.29 is 0 Å². The minimum atomic E-state index is -0.215. The Morgan fingerprint density at radius 3 is 2.74 bits per heavy atom. The molecule has 0 amide bonds. The number of aromatic amines is 1. The summed E-state index contributed by atoms with van der Waals surface area (Å²) in [6, 6.07) is 14.2. The summed E-state index contributed by atoms with van der Waals surface area (Å²) in [6.07, 6.45) is 1.44. The lowest BCUT2D eigenvalue weighted by Gasteiger charge is -2.09. The zero-order chi connectivity index (χ0) is 15.1. The van der Waals surface area contributed by atoms with Crippen LogP contribution in [0.1, 0.15) is 5.56 Å². The quantitative estimate of drug-likeness (QED) is 0.591. The molecule has 0 radical (unpaired) electrons. The molecule has 2 aromatic heterocycles. The molecule has 2 aromatic carbocycles. The van der Waals surface area contributed by atoms with Gasteiger partial charge in [-0.3, -0.25) is 9.36 Å². The number of fused-ring (bicyclic) bond motifs is 2. The van der Waals surface area contributed by atoms with Crippen molar-refractivity contribution in [2.45, 2.75) is 6.54 Å². The van der Waals surface area contributed by atoms with Crippen LogP contribution >= 0.6 is 12.4 Å². The lowest BCUT2D eigenvalue weighted by Crippen LogP contribution is -2.25. The molecule has 0 spiro atoms. The molecule has 0 atom stereocenters. The first-order valence-electron chi connectivity index (χ1n) is 6.89. The maximum Gasteiger partial charge on any atom is 0.281 e. The summed E-state index contributed by atoms with van der Waals surface area (Å²) in [4.78, 5) is 23.4. The van der Waals surface area contributed by atoms with Gasteiger partial charge in [0.05, 0.1) is 12.9 Å². The molecule has 0 aliphatic heterocycles. The molecule has 0 fully saturated rings. The average molecular weight is 328 g/mol. The van der Waals surface area contributed by atoms with Crippen LogP contribution in [0.5, 0.6) is 0 Å². The predicted molar refractivity (Wildman–Crippen MR) is 92.9 cm³/mol. The molecule has 3 N–H and O–H groups in total. The Morgan fingerprint density at radius 1 is 1.13 bits per heavy atom. The van der Waals surface area contributed by atoms with Gasteiger partial charge < -0.3 is 10.7 Å². The number of imidazole rings is 1. The summed E-state index contributed by atoms with van der Waals surface area (Å²) in [5.41, 5.74) is 7.40. The van der Waals surface area contributed by atoms with Crippen LogP contribution in [0.3, 0.4) is 0 Å². The zero-order valence-electron chi connectivity index (χ0n) is 12.1. The molecule has 0 bridgehead atoms. The number of hydrogen-bond acceptors (Lipinski definition) is 4. The molecule has 0 aliphatic carbocycles. The van der Waals surface area contributed by atoms with Crippen LogP contribution in [0.25, 0.3) is 21.9 Å². The van der Waals surface area contributed by atoms with Crippen LogP contribution in [-0.4, -0.2) is 19.5 Å². The van der Waals surface area contributed by atoms with Crippen molar-refractivity contribution in [1.82, 2.24) is 19.5 Å². The van der Waals surface area contributed by atoms with Gasteiger partial charge in [0, 0.05) is 0 Å². The smallest absolute Gasteiger partial charge is 0.281 e. The normalized spacial score (nSPS) is 10.8. The first kappa shape index (κ1) is 15.1. The number of halogens is 1. The number of hydrogen-bond donors (Lipinski definition) is 2. The lowest BCUT2D eigenvalue weighted by molar-refractivity contribution is 0.762. The van der Waals surface area contributed by atoms with Crippen LogP contribution in [0.15, 0.2) is 53.6 Å². The van der Waals surface area contributed by atoms with E-state index in [1.165, 1.54) is 10.9 Å². The van der Waals surface area contributed by atoms with Gasteiger partial charge in [-0.25, -0.2) is 4.98 Å². The summed E-state index contributed by atoms with van der Waals surface area (Å²) in [6.45, 7) is 0.372. The fourth-order valence-corrected chi connectivity index (χ4v) is 2.61. The number of benzene rings is 2. The number of H-pyrrole nitrogens is 1. The molecular weight excluding hydrogens is 314 g/mol. The highest BCUT2D eigenvalue weighted by Crippen LogP contribution is 2.17. The van der Waals surface area contributed by atoms with Crippen molar-refractivity contribution >= 4 is 40.3 Å². The van der Waals surface area contributed by atoms with Gasteiger partial charge in [0.15, 0.2) is 11.2 Å². The highest BCUT2D eigenvalue weighted by molar-refractivity contribution is 5.85. The van der Waals surface area contributed by atoms with E-state index in [1.807, 2.05) is 30.3 Å². The van der Waals surface area contributed by atoms with Crippen molar-refractivity contribution in [1.29, 1.82) is 0 Å². The van der Waals surface area contributed by atoms with Crippen LogP contribution in [0, 0.1) is 0 Å². The average Bonchev–Trinajstić information content (AvgIpc) is 2.99. The van der Waals surface area contributed by atoms with Gasteiger partial charge in [0.1, 0.15) is 0 Å². The molecule has 0 saturated heterocycles. The number of aromatic nitrogens is 4. The third kappa shape index (κ3) is 2.53. The summed E-state index contributed by atoms with van der Waals surface area (Å²) < 4.78 is 1.45. The van der Waals surface area contributed by atoms with Gasteiger partial charge in [-0.2, -0.15) is 4.98 Å². The van der Waals surface area contributed by atoms with Crippen LogP contribution in [0.4, 0.5) is 5.95 Å². The van der Waals surface area contributed by atoms with Gasteiger partial charge in [-0.1, -0.05) is 36.4 Å². The van der Waals surface area contributed by atoms with Gasteiger partial charge in [-0.15, -0.1) is 12.4 Å². The first-order chi connectivity index (χ1) is 10.7. The molecule has 2 heterocycles. The molecule has 6 nitrogen and oxygen atoms in total. The number of rotatable bonds is 2. The van der Waals surface area contributed by atoms with E-state index in [0.717, 1.165) is 16.3 Å². The molecule has 0 unspecified atom stereocenters. The summed E-state index contributed by atoms with van der Waals surface area (Å²) in [5, 5.41) is 2.29. The largest absolute Gasteiger partial charge is 0.369 e. The number of nitrogen functional groups attached to an aromatic ring is 1. The minimum absolute atomic E-state index is 0. The minimum Gasteiger partial charge on any atom is -0.369 e. The molecule has 116 valence electrons. The monoisotopic (exact) mass is 327 g/mol. The number of nitrogens with zero attached hydrogens (tertiary/aromatic N) is 3. The fourth-order valence-electron chi connectivity index (χ4n) is 2.61. The molecule has 0 saturated carbocycles. The number of nitrogens with two attached hydrogens (primary N) is 1. The van der Waals surface area contributed by atoms with Crippen LogP contribution < -0.4 is 11.3 Å². The van der Waals surface area contributed by atoms with Crippen molar-refractivity contribution in [3.8, 4) is 0 Å². The third-order valence-corrected chi connectivity index (χ3v) is 3.73. The predicted octanol–water partition coefficient (Wildman–Crippen LogP) is 2.33. The van der Waals surface area contributed by atoms with Gasteiger partial charge in [-0.05, 0) is 22.4 Å². The maximum absolute atomic E-state index is 12.5. The lowest BCUT2D eigenvalue weighted by atomic mass is 10.1. The summed E-state index contributed by atoms with van der Waals surface area (Å²) in [5.74, 6) is 0.165. The summed E-state index contributed by atoms with van der Waals surface area (Å²) >= 11 is 0. The second kappa shape index (κ2) is 5.73. The van der Waals surface area contributed by atoms with E-state index in [-0.39, 0.29) is 23.9 Å². The SMILES string of the molecule is Cl.Nc1nc2nc[nH]c2c(=O)n1Cc1ccc2ccccc2c1. The first-order valence-corrected chi connectivity index (χ1v) is 6.89. The summed E-state index contributed by atoms with van der Waals surface area (Å²) in [7, 11) is 0. The van der Waals surface area contributed by atoms with Crippen LogP contribution in [-0.2, 0) is 6.54 Å². The highest BCUT2D eigenvalue weighted by Gasteiger charge is 2.11. The Balaban J connectivity index is 0.00000156. The van der Waals surface area contributed by atoms with Crippen LogP contribution in [0.2, 0.25) is 0 Å². The van der Waals surface area contributed by atoms with Gasteiger partial charge >= 0.3 is 0 Å². The van der Waals surface area contributed by atoms with Gasteiger partial charge in [0.2, 0.25) is 5.95 Å².